The maximum atomic E-state index is 10.0. The molecular weight excluding hydrogens is 174 g/mol. The van der Waals surface area contributed by atoms with E-state index in [4.69, 9.17) is 0 Å². The van der Waals surface area contributed by atoms with E-state index in [1.54, 1.807) is 0 Å². The smallest absolute Gasteiger partial charge is 0.0695 e. The quantitative estimate of drug-likeness (QED) is 0.748. The van der Waals surface area contributed by atoms with Gasteiger partial charge in [0.05, 0.1) is 6.10 Å². The molecule has 2 rings (SSSR count). The average Bonchev–Trinajstić information content (AvgIpc) is 2.96. The predicted octanol–water partition coefficient (Wildman–Crippen LogP) is 2.02. The molecule has 0 bridgehead atoms. The van der Waals surface area contributed by atoms with Crippen molar-refractivity contribution < 1.29 is 5.11 Å². The molecule has 0 spiro atoms. The lowest BCUT2D eigenvalue weighted by Crippen LogP contribution is -2.48. The van der Waals surface area contributed by atoms with Crippen molar-refractivity contribution in [3.8, 4) is 0 Å². The lowest BCUT2D eigenvalue weighted by molar-refractivity contribution is 0.00394. The molecule has 3 unspecified atom stereocenters. The highest BCUT2D eigenvalue weighted by Gasteiger charge is 2.38. The van der Waals surface area contributed by atoms with Crippen LogP contribution in [0, 0.1) is 5.92 Å². The van der Waals surface area contributed by atoms with Crippen molar-refractivity contribution in [2.45, 2.75) is 64.1 Å². The average molecular weight is 197 g/mol. The molecule has 2 aliphatic rings. The van der Waals surface area contributed by atoms with Gasteiger partial charge in [0, 0.05) is 12.1 Å². The van der Waals surface area contributed by atoms with Crippen LogP contribution in [0.2, 0.25) is 0 Å². The molecule has 2 heteroatoms. The topological polar surface area (TPSA) is 23.5 Å². The molecule has 0 aromatic carbocycles. The van der Waals surface area contributed by atoms with Gasteiger partial charge in [0.15, 0.2) is 0 Å². The summed E-state index contributed by atoms with van der Waals surface area (Å²) in [6.07, 6.45) is 6.06. The van der Waals surface area contributed by atoms with E-state index in [-0.39, 0.29) is 6.10 Å². The number of rotatable bonds is 3. The second-order valence-electron chi connectivity index (χ2n) is 5.11. The van der Waals surface area contributed by atoms with Crippen LogP contribution in [-0.2, 0) is 0 Å². The first-order chi connectivity index (χ1) is 6.72. The molecule has 0 saturated heterocycles. The number of nitrogens with zero attached hydrogens (tertiary/aromatic N) is 1. The Morgan fingerprint density at radius 3 is 2.50 bits per heavy atom. The van der Waals surface area contributed by atoms with Crippen molar-refractivity contribution in [1.82, 2.24) is 4.90 Å². The monoisotopic (exact) mass is 197 g/mol. The van der Waals surface area contributed by atoms with Gasteiger partial charge in [0.2, 0.25) is 0 Å². The zero-order valence-electron chi connectivity index (χ0n) is 9.45. The summed E-state index contributed by atoms with van der Waals surface area (Å²) in [5, 5.41) is 10.0. The van der Waals surface area contributed by atoms with Gasteiger partial charge in [-0.1, -0.05) is 13.8 Å². The Balaban J connectivity index is 1.97. The van der Waals surface area contributed by atoms with Crippen LogP contribution in [0.25, 0.3) is 0 Å². The zero-order valence-corrected chi connectivity index (χ0v) is 9.45. The lowest BCUT2D eigenvalue weighted by atomic mass is 9.84. The number of hydrogen-bond donors (Lipinski definition) is 1. The van der Waals surface area contributed by atoms with Crippen molar-refractivity contribution in [3.63, 3.8) is 0 Å². The zero-order chi connectivity index (χ0) is 10.1. The second-order valence-corrected chi connectivity index (χ2v) is 5.11. The van der Waals surface area contributed by atoms with E-state index >= 15 is 0 Å². The molecule has 0 aromatic rings. The van der Waals surface area contributed by atoms with E-state index in [0.717, 1.165) is 24.9 Å². The third kappa shape index (κ3) is 2.12. The Morgan fingerprint density at radius 2 is 1.93 bits per heavy atom. The SMILES string of the molecule is CCN(C1CC1)C1CC(C)CCC1O. The van der Waals surface area contributed by atoms with Gasteiger partial charge in [-0.25, -0.2) is 0 Å². The molecule has 0 heterocycles. The van der Waals surface area contributed by atoms with Crippen LogP contribution in [0.5, 0.6) is 0 Å². The summed E-state index contributed by atoms with van der Waals surface area (Å²) < 4.78 is 0. The summed E-state index contributed by atoms with van der Waals surface area (Å²) in [6, 6.07) is 1.25. The molecule has 82 valence electrons. The first-order valence-corrected chi connectivity index (χ1v) is 6.16. The molecule has 0 amide bonds. The molecule has 2 fully saturated rings. The van der Waals surface area contributed by atoms with E-state index in [1.807, 2.05) is 0 Å². The van der Waals surface area contributed by atoms with Crippen LogP contribution in [0.1, 0.15) is 46.0 Å². The minimum atomic E-state index is -0.0632. The van der Waals surface area contributed by atoms with E-state index in [0.29, 0.717) is 6.04 Å². The molecule has 0 aromatic heterocycles. The Labute approximate surface area is 87.3 Å². The van der Waals surface area contributed by atoms with Crippen molar-refractivity contribution in [2.24, 2.45) is 5.92 Å². The maximum Gasteiger partial charge on any atom is 0.0695 e. The van der Waals surface area contributed by atoms with Crippen LogP contribution in [0.4, 0.5) is 0 Å². The summed E-state index contributed by atoms with van der Waals surface area (Å²) in [7, 11) is 0. The molecule has 2 nitrogen and oxygen atoms in total. The summed E-state index contributed by atoms with van der Waals surface area (Å²) in [6.45, 7) is 5.66. The van der Waals surface area contributed by atoms with Crippen LogP contribution >= 0.6 is 0 Å². The summed E-state index contributed by atoms with van der Waals surface area (Å²) >= 11 is 0. The number of aliphatic hydroxyl groups excluding tert-OH is 1. The van der Waals surface area contributed by atoms with Crippen molar-refractivity contribution >= 4 is 0 Å². The maximum absolute atomic E-state index is 10.0. The molecule has 3 atom stereocenters. The Bertz CT molecular complexity index is 191. The Hall–Kier alpha value is -0.0800. The molecule has 1 N–H and O–H groups in total. The molecule has 14 heavy (non-hydrogen) atoms. The standard InChI is InChI=1S/C12H23NO/c1-3-13(10-5-6-10)11-8-9(2)4-7-12(11)14/h9-12,14H,3-8H2,1-2H3. The highest BCUT2D eigenvalue weighted by molar-refractivity contribution is 4.93. The summed E-state index contributed by atoms with van der Waals surface area (Å²) in [4.78, 5) is 2.54. The number of hydrogen-bond acceptors (Lipinski definition) is 2. The fraction of sp³-hybridized carbons (Fsp3) is 1.00. The first-order valence-electron chi connectivity index (χ1n) is 6.16. The Morgan fingerprint density at radius 1 is 1.21 bits per heavy atom. The van der Waals surface area contributed by atoms with E-state index in [2.05, 4.69) is 18.7 Å². The molecular formula is C12H23NO. The van der Waals surface area contributed by atoms with Crippen molar-refractivity contribution in [1.29, 1.82) is 0 Å². The minimum Gasteiger partial charge on any atom is -0.391 e. The molecule has 2 saturated carbocycles. The fourth-order valence-electron chi connectivity index (χ4n) is 2.86. The van der Waals surface area contributed by atoms with Crippen LogP contribution in [0.15, 0.2) is 0 Å². The van der Waals surface area contributed by atoms with E-state index < -0.39 is 0 Å². The third-order valence-electron chi connectivity index (χ3n) is 3.85. The number of aliphatic hydroxyl groups is 1. The molecule has 0 radical (unpaired) electrons. The largest absolute Gasteiger partial charge is 0.391 e. The van der Waals surface area contributed by atoms with Crippen molar-refractivity contribution in [3.05, 3.63) is 0 Å². The third-order valence-corrected chi connectivity index (χ3v) is 3.85. The van der Waals surface area contributed by atoms with Gasteiger partial charge in [-0.05, 0) is 44.6 Å². The fourth-order valence-corrected chi connectivity index (χ4v) is 2.86. The van der Waals surface area contributed by atoms with Crippen molar-refractivity contribution in [2.75, 3.05) is 6.54 Å². The Kier molecular flexibility index (Phi) is 3.13. The minimum absolute atomic E-state index is 0.0632. The van der Waals surface area contributed by atoms with Gasteiger partial charge in [-0.3, -0.25) is 4.90 Å². The second kappa shape index (κ2) is 4.19. The van der Waals surface area contributed by atoms with Gasteiger partial charge < -0.3 is 5.11 Å². The van der Waals surface area contributed by atoms with Crippen LogP contribution in [0.3, 0.4) is 0 Å². The summed E-state index contributed by atoms with van der Waals surface area (Å²) in [5.41, 5.74) is 0. The normalized spacial score (nSPS) is 39.0. The van der Waals surface area contributed by atoms with Gasteiger partial charge in [-0.15, -0.1) is 0 Å². The molecule has 0 aliphatic heterocycles. The van der Waals surface area contributed by atoms with Gasteiger partial charge in [0.1, 0.15) is 0 Å². The van der Waals surface area contributed by atoms with Gasteiger partial charge in [-0.2, -0.15) is 0 Å². The van der Waals surface area contributed by atoms with Gasteiger partial charge >= 0.3 is 0 Å². The van der Waals surface area contributed by atoms with Crippen LogP contribution in [-0.4, -0.2) is 34.7 Å². The predicted molar refractivity (Wildman–Crippen MR) is 58.2 cm³/mol. The van der Waals surface area contributed by atoms with E-state index in [1.165, 1.54) is 25.7 Å². The highest BCUT2D eigenvalue weighted by atomic mass is 16.3. The summed E-state index contributed by atoms with van der Waals surface area (Å²) in [5.74, 6) is 0.802. The molecule has 2 aliphatic carbocycles. The first kappa shape index (κ1) is 10.4. The lowest BCUT2D eigenvalue weighted by Gasteiger charge is -2.39. The van der Waals surface area contributed by atoms with Crippen LogP contribution < -0.4 is 0 Å². The number of likely N-dealkylation sites (N-methyl/N-ethyl adjacent to an activating group) is 1. The highest BCUT2D eigenvalue weighted by Crippen LogP contribution is 2.35. The van der Waals surface area contributed by atoms with Gasteiger partial charge in [0.25, 0.3) is 0 Å². The van der Waals surface area contributed by atoms with E-state index in [9.17, 15) is 5.11 Å².